The lowest BCUT2D eigenvalue weighted by molar-refractivity contribution is 0.550. The maximum atomic E-state index is 6.01. The molecule has 2 aromatic rings. The van der Waals surface area contributed by atoms with Gasteiger partial charge in [0.15, 0.2) is 0 Å². The zero-order valence-corrected chi connectivity index (χ0v) is 12.0. The summed E-state index contributed by atoms with van der Waals surface area (Å²) >= 11 is 11.9. The van der Waals surface area contributed by atoms with Crippen LogP contribution in [0.1, 0.15) is 22.9 Å². The van der Waals surface area contributed by atoms with E-state index in [1.165, 1.54) is 0 Å². The monoisotopic (exact) mass is 295 g/mol. The second kappa shape index (κ2) is 6.35. The van der Waals surface area contributed by atoms with E-state index in [1.54, 1.807) is 6.07 Å². The Morgan fingerprint density at radius 2 is 2.00 bits per heavy atom. The molecule has 100 valence electrons. The van der Waals surface area contributed by atoms with Crippen molar-refractivity contribution in [3.05, 3.63) is 63.4 Å². The van der Waals surface area contributed by atoms with Gasteiger partial charge in [-0.25, -0.2) is 0 Å². The molecule has 0 aliphatic rings. The number of benzene rings is 1. The number of aryl methyl sites for hydroxylation is 1. The second-order valence-electron chi connectivity index (χ2n) is 4.40. The van der Waals surface area contributed by atoms with Gasteiger partial charge in [0, 0.05) is 11.9 Å². The molecule has 1 heterocycles. The van der Waals surface area contributed by atoms with Crippen molar-refractivity contribution in [3.63, 3.8) is 0 Å². The Labute approximate surface area is 122 Å². The van der Waals surface area contributed by atoms with Gasteiger partial charge < -0.3 is 0 Å². The predicted molar refractivity (Wildman–Crippen MR) is 79.2 cm³/mol. The Kier molecular flexibility index (Phi) is 4.77. The summed E-state index contributed by atoms with van der Waals surface area (Å²) < 4.78 is 0. The number of hydrogen-bond acceptors (Lipinski definition) is 3. The molecule has 3 nitrogen and oxygen atoms in total. The van der Waals surface area contributed by atoms with Crippen LogP contribution in [0.3, 0.4) is 0 Å². The summed E-state index contributed by atoms with van der Waals surface area (Å²) in [7, 11) is 0. The van der Waals surface area contributed by atoms with Crippen LogP contribution in [-0.4, -0.2) is 4.98 Å². The van der Waals surface area contributed by atoms with Crippen molar-refractivity contribution in [1.82, 2.24) is 10.4 Å². The lowest BCUT2D eigenvalue weighted by Crippen LogP contribution is -2.29. The van der Waals surface area contributed by atoms with Crippen molar-refractivity contribution in [1.29, 1.82) is 0 Å². The molecule has 1 atom stereocenters. The normalized spacial score (nSPS) is 12.4. The zero-order chi connectivity index (χ0) is 13.8. The molecule has 0 fully saturated rings. The molecule has 0 amide bonds. The first kappa shape index (κ1) is 14.3. The maximum Gasteiger partial charge on any atom is 0.0595 e. The van der Waals surface area contributed by atoms with Crippen molar-refractivity contribution in [3.8, 4) is 0 Å². The smallest absolute Gasteiger partial charge is 0.0595 e. The molecule has 2 rings (SSSR count). The first-order valence-corrected chi connectivity index (χ1v) is 6.68. The summed E-state index contributed by atoms with van der Waals surface area (Å²) in [4.78, 5) is 4.28. The molecule has 0 aliphatic heterocycles. The molecule has 5 heteroatoms. The van der Waals surface area contributed by atoms with E-state index in [4.69, 9.17) is 29.0 Å². The molecule has 0 saturated heterocycles. The minimum absolute atomic E-state index is 0.00894. The van der Waals surface area contributed by atoms with Crippen molar-refractivity contribution in [2.24, 2.45) is 5.84 Å². The van der Waals surface area contributed by atoms with Gasteiger partial charge in [0.05, 0.1) is 16.1 Å². The average Bonchev–Trinajstić information content (AvgIpc) is 2.41. The number of nitrogens with one attached hydrogen (secondary N) is 1. The largest absolute Gasteiger partial charge is 0.271 e. The van der Waals surface area contributed by atoms with E-state index in [2.05, 4.69) is 10.4 Å². The molecule has 0 saturated carbocycles. The maximum absolute atomic E-state index is 6.01. The highest BCUT2D eigenvalue weighted by Crippen LogP contribution is 2.25. The van der Waals surface area contributed by atoms with Crippen LogP contribution >= 0.6 is 23.2 Å². The summed E-state index contributed by atoms with van der Waals surface area (Å²) in [6, 6.07) is 9.57. The number of pyridine rings is 1. The highest BCUT2D eigenvalue weighted by atomic mass is 35.5. The first-order valence-electron chi connectivity index (χ1n) is 5.92. The van der Waals surface area contributed by atoms with E-state index in [9.17, 15) is 0 Å². The lowest BCUT2D eigenvalue weighted by atomic mass is 10.0. The van der Waals surface area contributed by atoms with Gasteiger partial charge in [-0.05, 0) is 42.7 Å². The lowest BCUT2D eigenvalue weighted by Gasteiger charge is -2.16. The number of halogens is 2. The number of nitrogens with zero attached hydrogens (tertiary/aromatic N) is 1. The van der Waals surface area contributed by atoms with Crippen LogP contribution in [0.5, 0.6) is 0 Å². The van der Waals surface area contributed by atoms with E-state index in [-0.39, 0.29) is 6.04 Å². The molecule has 0 spiro atoms. The Morgan fingerprint density at radius 3 is 2.58 bits per heavy atom. The molecular formula is C14H15Cl2N3. The van der Waals surface area contributed by atoms with Gasteiger partial charge >= 0.3 is 0 Å². The van der Waals surface area contributed by atoms with Crippen LogP contribution in [0.15, 0.2) is 36.5 Å². The minimum Gasteiger partial charge on any atom is -0.271 e. The molecule has 0 aliphatic carbocycles. The fourth-order valence-corrected chi connectivity index (χ4v) is 2.18. The number of rotatable bonds is 4. The number of nitrogens with two attached hydrogens (primary N) is 1. The van der Waals surface area contributed by atoms with Crippen molar-refractivity contribution in [2.75, 3.05) is 0 Å². The topological polar surface area (TPSA) is 50.9 Å². The molecule has 0 radical (unpaired) electrons. The third kappa shape index (κ3) is 3.67. The molecule has 3 N–H and O–H groups in total. The van der Waals surface area contributed by atoms with Gasteiger partial charge in [0.1, 0.15) is 0 Å². The van der Waals surface area contributed by atoms with E-state index in [0.717, 1.165) is 23.2 Å². The fourth-order valence-electron chi connectivity index (χ4n) is 1.86. The summed E-state index contributed by atoms with van der Waals surface area (Å²) in [5, 5.41) is 1.11. The van der Waals surface area contributed by atoms with Crippen molar-refractivity contribution < 1.29 is 0 Å². The molecule has 0 bridgehead atoms. The van der Waals surface area contributed by atoms with E-state index in [1.807, 2.05) is 37.4 Å². The summed E-state index contributed by atoms with van der Waals surface area (Å²) in [5.41, 5.74) is 5.89. The summed E-state index contributed by atoms with van der Waals surface area (Å²) in [6.07, 6.45) is 2.55. The Balaban J connectivity index is 2.18. The van der Waals surface area contributed by atoms with E-state index >= 15 is 0 Å². The molecule has 1 aromatic carbocycles. The third-order valence-electron chi connectivity index (χ3n) is 2.96. The van der Waals surface area contributed by atoms with Crippen LogP contribution in [0.2, 0.25) is 10.0 Å². The van der Waals surface area contributed by atoms with Gasteiger partial charge in [-0.3, -0.25) is 16.3 Å². The number of aromatic nitrogens is 1. The molecule has 1 aromatic heterocycles. The van der Waals surface area contributed by atoms with Gasteiger partial charge in [-0.1, -0.05) is 35.3 Å². The van der Waals surface area contributed by atoms with Gasteiger partial charge in [-0.15, -0.1) is 0 Å². The van der Waals surface area contributed by atoms with Gasteiger partial charge in [0.2, 0.25) is 0 Å². The number of hydrogen-bond donors (Lipinski definition) is 2. The van der Waals surface area contributed by atoms with Gasteiger partial charge in [-0.2, -0.15) is 0 Å². The van der Waals surface area contributed by atoms with Crippen LogP contribution in [0.25, 0.3) is 0 Å². The SMILES string of the molecule is Cc1ccc(C(Cc2ccc(Cl)c(Cl)c2)NN)cn1. The minimum atomic E-state index is -0.00894. The van der Waals surface area contributed by atoms with E-state index < -0.39 is 0 Å². The predicted octanol–water partition coefficient (Wildman–Crippen LogP) is 3.44. The highest BCUT2D eigenvalue weighted by Gasteiger charge is 2.11. The van der Waals surface area contributed by atoms with Crippen LogP contribution in [-0.2, 0) is 6.42 Å². The molecule has 19 heavy (non-hydrogen) atoms. The Morgan fingerprint density at radius 1 is 1.21 bits per heavy atom. The quantitative estimate of drug-likeness (QED) is 0.671. The standard InChI is InChI=1S/C14H15Cl2N3/c1-9-2-4-11(8-18-9)14(19-17)7-10-3-5-12(15)13(16)6-10/h2-6,8,14,19H,7,17H2,1H3. The Bertz CT molecular complexity index is 555. The van der Waals surface area contributed by atoms with Crippen molar-refractivity contribution >= 4 is 23.2 Å². The summed E-state index contributed by atoms with van der Waals surface area (Å²) in [6.45, 7) is 1.95. The molecule has 1 unspecified atom stereocenters. The average molecular weight is 296 g/mol. The molecular weight excluding hydrogens is 281 g/mol. The Hall–Kier alpha value is -1.13. The van der Waals surface area contributed by atoms with Crippen LogP contribution in [0, 0.1) is 6.92 Å². The first-order chi connectivity index (χ1) is 9.10. The van der Waals surface area contributed by atoms with Gasteiger partial charge in [0.25, 0.3) is 0 Å². The highest BCUT2D eigenvalue weighted by molar-refractivity contribution is 6.42. The third-order valence-corrected chi connectivity index (χ3v) is 3.70. The second-order valence-corrected chi connectivity index (χ2v) is 5.22. The van der Waals surface area contributed by atoms with Crippen LogP contribution < -0.4 is 11.3 Å². The zero-order valence-electron chi connectivity index (χ0n) is 10.5. The number of hydrazine groups is 1. The summed E-state index contributed by atoms with van der Waals surface area (Å²) in [5.74, 6) is 5.62. The van der Waals surface area contributed by atoms with Crippen LogP contribution in [0.4, 0.5) is 0 Å². The van der Waals surface area contributed by atoms with E-state index in [0.29, 0.717) is 10.0 Å². The van der Waals surface area contributed by atoms with Crippen molar-refractivity contribution in [2.45, 2.75) is 19.4 Å². The fraction of sp³-hybridized carbons (Fsp3) is 0.214.